The molecular weight excluding hydrogens is 691 g/mol. The monoisotopic (exact) mass is 735 g/mol. The molecule has 0 radical (unpaired) electrons. The normalized spacial score (nSPS) is 14.9. The van der Waals surface area contributed by atoms with Gasteiger partial charge in [0.1, 0.15) is 11.2 Å². The third kappa shape index (κ3) is 5.46. The molecular formula is C55H45NO. The molecule has 0 atom stereocenters. The summed E-state index contributed by atoms with van der Waals surface area (Å²) < 4.78 is 6.36. The Labute approximate surface area is 335 Å². The lowest BCUT2D eigenvalue weighted by Crippen LogP contribution is -2.16. The van der Waals surface area contributed by atoms with Gasteiger partial charge in [0.25, 0.3) is 0 Å². The first kappa shape index (κ1) is 33.9. The Kier molecular flexibility index (Phi) is 7.96. The van der Waals surface area contributed by atoms with Gasteiger partial charge in [0.15, 0.2) is 0 Å². The van der Waals surface area contributed by atoms with Crippen LogP contribution in [0.1, 0.15) is 68.6 Å². The standard InChI is InChI=1S/C55H45NO/c1-55(2)49-29-9-6-22-43(49)47-28-15-26-42(54(47)55)38-20-12-21-39(34-38)56(40-32-33-52-48(35-40)45-24-8-11-31-51(45)57-52)50-30-10-7-23-44(50)46-27-14-19-37-18-13-25-41(53(37)46)36-16-4-3-5-17-36/h6-15,18-36H,3-5,16-17H2,1-2H3. The molecule has 1 aromatic heterocycles. The van der Waals surface area contributed by atoms with E-state index in [-0.39, 0.29) is 5.41 Å². The number of nitrogens with zero attached hydrogens (tertiary/aromatic N) is 1. The largest absolute Gasteiger partial charge is 0.456 e. The third-order valence-electron chi connectivity index (χ3n) is 13.0. The molecule has 2 heteroatoms. The summed E-state index contributed by atoms with van der Waals surface area (Å²) in [5, 5.41) is 4.95. The van der Waals surface area contributed by atoms with E-state index in [1.54, 1.807) is 0 Å². The average molecular weight is 736 g/mol. The van der Waals surface area contributed by atoms with Crippen LogP contribution in [0.15, 0.2) is 174 Å². The van der Waals surface area contributed by atoms with E-state index in [1.165, 1.54) is 92.9 Å². The summed E-state index contributed by atoms with van der Waals surface area (Å²) in [4.78, 5) is 2.48. The van der Waals surface area contributed by atoms with Crippen molar-refractivity contribution in [2.75, 3.05) is 4.90 Å². The average Bonchev–Trinajstić information content (AvgIpc) is 3.75. The number of para-hydroxylation sites is 2. The summed E-state index contributed by atoms with van der Waals surface area (Å²) in [5.74, 6) is 0.586. The summed E-state index contributed by atoms with van der Waals surface area (Å²) in [7, 11) is 0. The smallest absolute Gasteiger partial charge is 0.135 e. The predicted molar refractivity (Wildman–Crippen MR) is 240 cm³/mol. The van der Waals surface area contributed by atoms with Crippen LogP contribution in [0.25, 0.3) is 66.1 Å². The lowest BCUT2D eigenvalue weighted by Gasteiger charge is -2.30. The molecule has 1 heterocycles. The molecule has 276 valence electrons. The van der Waals surface area contributed by atoms with Crippen molar-refractivity contribution in [1.82, 2.24) is 0 Å². The number of furan rings is 1. The zero-order chi connectivity index (χ0) is 38.1. The van der Waals surface area contributed by atoms with Crippen LogP contribution in [0.2, 0.25) is 0 Å². The van der Waals surface area contributed by atoms with Gasteiger partial charge in [-0.2, -0.15) is 0 Å². The maximum Gasteiger partial charge on any atom is 0.135 e. The van der Waals surface area contributed by atoms with Crippen molar-refractivity contribution in [1.29, 1.82) is 0 Å². The second-order valence-corrected chi connectivity index (χ2v) is 16.7. The summed E-state index contributed by atoms with van der Waals surface area (Å²) >= 11 is 0. The van der Waals surface area contributed by atoms with Crippen LogP contribution < -0.4 is 4.90 Å². The Bertz CT molecular complexity index is 2990. The Morgan fingerprint density at radius 2 is 1.18 bits per heavy atom. The highest BCUT2D eigenvalue weighted by Crippen LogP contribution is 2.53. The van der Waals surface area contributed by atoms with Crippen molar-refractivity contribution in [3.63, 3.8) is 0 Å². The van der Waals surface area contributed by atoms with E-state index in [4.69, 9.17) is 4.42 Å². The minimum atomic E-state index is -0.122. The number of benzene rings is 8. The van der Waals surface area contributed by atoms with Crippen molar-refractivity contribution in [2.24, 2.45) is 0 Å². The third-order valence-corrected chi connectivity index (χ3v) is 13.0. The molecule has 0 saturated heterocycles. The Hall–Kier alpha value is -6.38. The van der Waals surface area contributed by atoms with Gasteiger partial charge in [-0.15, -0.1) is 0 Å². The summed E-state index contributed by atoms with van der Waals surface area (Å²) in [6.07, 6.45) is 6.49. The first-order valence-electron chi connectivity index (χ1n) is 20.7. The van der Waals surface area contributed by atoms with Crippen LogP contribution in [0.3, 0.4) is 0 Å². The minimum absolute atomic E-state index is 0.122. The van der Waals surface area contributed by atoms with E-state index in [0.717, 1.165) is 39.0 Å². The number of rotatable bonds is 6. The number of fused-ring (bicyclic) bond motifs is 7. The lowest BCUT2D eigenvalue weighted by atomic mass is 9.79. The van der Waals surface area contributed by atoms with Crippen molar-refractivity contribution >= 4 is 49.8 Å². The fourth-order valence-corrected chi connectivity index (χ4v) is 10.4. The maximum absolute atomic E-state index is 6.36. The van der Waals surface area contributed by atoms with E-state index in [2.05, 4.69) is 183 Å². The highest BCUT2D eigenvalue weighted by atomic mass is 16.3. The van der Waals surface area contributed by atoms with Gasteiger partial charge in [-0.25, -0.2) is 0 Å². The Morgan fingerprint density at radius 1 is 0.509 bits per heavy atom. The van der Waals surface area contributed by atoms with Crippen LogP contribution >= 0.6 is 0 Å². The van der Waals surface area contributed by atoms with E-state index in [1.807, 2.05) is 6.07 Å². The molecule has 9 aromatic rings. The van der Waals surface area contributed by atoms with Gasteiger partial charge in [-0.1, -0.05) is 161 Å². The predicted octanol–water partition coefficient (Wildman–Crippen LogP) is 15.9. The molecule has 0 unspecified atom stereocenters. The van der Waals surface area contributed by atoms with Gasteiger partial charge in [0.05, 0.1) is 5.69 Å². The molecule has 1 saturated carbocycles. The quantitative estimate of drug-likeness (QED) is 0.169. The number of anilines is 3. The molecule has 2 aliphatic carbocycles. The van der Waals surface area contributed by atoms with Gasteiger partial charge < -0.3 is 9.32 Å². The zero-order valence-corrected chi connectivity index (χ0v) is 32.6. The van der Waals surface area contributed by atoms with E-state index in [0.29, 0.717) is 5.92 Å². The molecule has 8 aromatic carbocycles. The second kappa shape index (κ2) is 13.4. The second-order valence-electron chi connectivity index (χ2n) is 16.7. The minimum Gasteiger partial charge on any atom is -0.456 e. The van der Waals surface area contributed by atoms with E-state index >= 15 is 0 Å². The highest BCUT2D eigenvalue weighted by Gasteiger charge is 2.37. The fourth-order valence-electron chi connectivity index (χ4n) is 10.4. The topological polar surface area (TPSA) is 16.4 Å². The number of hydrogen-bond donors (Lipinski definition) is 0. The Morgan fingerprint density at radius 3 is 2.07 bits per heavy atom. The van der Waals surface area contributed by atoms with E-state index < -0.39 is 0 Å². The lowest BCUT2D eigenvalue weighted by molar-refractivity contribution is 0.445. The van der Waals surface area contributed by atoms with Crippen molar-refractivity contribution in [2.45, 2.75) is 57.3 Å². The molecule has 0 N–H and O–H groups in total. The Balaban J connectivity index is 1.14. The van der Waals surface area contributed by atoms with Gasteiger partial charge in [0, 0.05) is 33.1 Å². The molecule has 0 amide bonds. The molecule has 0 bridgehead atoms. The highest BCUT2D eigenvalue weighted by molar-refractivity contribution is 6.08. The van der Waals surface area contributed by atoms with Crippen molar-refractivity contribution in [3.8, 4) is 33.4 Å². The first-order chi connectivity index (χ1) is 28.0. The first-order valence-corrected chi connectivity index (χ1v) is 20.7. The molecule has 2 nitrogen and oxygen atoms in total. The summed E-state index contributed by atoms with van der Waals surface area (Å²) in [6.45, 7) is 4.76. The summed E-state index contributed by atoms with van der Waals surface area (Å²) in [5.41, 5.74) is 17.0. The van der Waals surface area contributed by atoms with Gasteiger partial charge in [-0.05, 0) is 117 Å². The van der Waals surface area contributed by atoms with Crippen molar-refractivity contribution < 1.29 is 4.42 Å². The molecule has 0 spiro atoms. The number of hydrogen-bond acceptors (Lipinski definition) is 2. The van der Waals surface area contributed by atoms with E-state index in [9.17, 15) is 0 Å². The molecule has 57 heavy (non-hydrogen) atoms. The molecule has 1 fully saturated rings. The maximum atomic E-state index is 6.36. The van der Waals surface area contributed by atoms with Crippen molar-refractivity contribution in [3.05, 3.63) is 187 Å². The van der Waals surface area contributed by atoms with Crippen LogP contribution in [-0.4, -0.2) is 0 Å². The zero-order valence-electron chi connectivity index (χ0n) is 32.6. The SMILES string of the molecule is CC1(C)c2ccccc2-c2cccc(-c3cccc(N(c4ccc5oc6ccccc6c5c4)c4ccccc4-c4cccc5cccc(C6CCCCC6)c45)c3)c21. The van der Waals surface area contributed by atoms with Gasteiger partial charge >= 0.3 is 0 Å². The molecule has 2 aliphatic rings. The van der Waals surface area contributed by atoms with Crippen LogP contribution in [0, 0.1) is 0 Å². The van der Waals surface area contributed by atoms with Gasteiger partial charge in [0.2, 0.25) is 0 Å². The van der Waals surface area contributed by atoms with Crippen LogP contribution in [0.5, 0.6) is 0 Å². The van der Waals surface area contributed by atoms with Gasteiger partial charge in [-0.3, -0.25) is 0 Å². The van der Waals surface area contributed by atoms with Crippen LogP contribution in [0.4, 0.5) is 17.1 Å². The van der Waals surface area contributed by atoms with Crippen LogP contribution in [-0.2, 0) is 5.41 Å². The summed E-state index contributed by atoms with van der Waals surface area (Å²) in [6, 6.07) is 62.9. The fraction of sp³-hybridized carbons (Fsp3) is 0.164. The molecule has 11 rings (SSSR count). The molecule has 0 aliphatic heterocycles.